The molecule has 2 atom stereocenters. The predicted molar refractivity (Wildman–Crippen MR) is 66.0 cm³/mol. The molecule has 2 saturated heterocycles. The van der Waals surface area contributed by atoms with Crippen LogP contribution in [0.2, 0.25) is 0 Å². The zero-order valence-corrected chi connectivity index (χ0v) is 11.0. The lowest BCUT2D eigenvalue weighted by molar-refractivity contribution is -0.143. The molecule has 0 aliphatic carbocycles. The summed E-state index contributed by atoms with van der Waals surface area (Å²) in [5.41, 5.74) is 0. The number of hydrogen-bond acceptors (Lipinski definition) is 4. The molecule has 96 valence electrons. The van der Waals surface area contributed by atoms with E-state index in [2.05, 4.69) is 0 Å². The van der Waals surface area contributed by atoms with Gasteiger partial charge < -0.3 is 14.5 Å². The van der Waals surface area contributed by atoms with Gasteiger partial charge in [-0.1, -0.05) is 11.8 Å². The van der Waals surface area contributed by atoms with Crippen LogP contribution in [0.15, 0.2) is 0 Å². The molecule has 0 N–H and O–H groups in total. The molecule has 2 aliphatic rings. The monoisotopic (exact) mass is 258 g/mol. The second-order valence-electron chi connectivity index (χ2n) is 4.57. The third-order valence-electron chi connectivity index (χ3n) is 3.10. The lowest BCUT2D eigenvalue weighted by Crippen LogP contribution is -2.53. The largest absolute Gasteiger partial charge is 0.375 e. The van der Waals surface area contributed by atoms with Gasteiger partial charge >= 0.3 is 0 Å². The second-order valence-corrected chi connectivity index (χ2v) is 5.62. The minimum atomic E-state index is 0.0207. The van der Waals surface area contributed by atoms with E-state index < -0.39 is 0 Å². The molecule has 0 aromatic heterocycles. The van der Waals surface area contributed by atoms with Gasteiger partial charge in [-0.3, -0.25) is 9.59 Å². The first-order valence-electron chi connectivity index (χ1n) is 5.90. The Kier molecular flexibility index (Phi) is 3.93. The molecule has 0 radical (unpaired) electrons. The quantitative estimate of drug-likeness (QED) is 0.735. The van der Waals surface area contributed by atoms with Crippen molar-refractivity contribution in [2.45, 2.75) is 26.0 Å². The first-order valence-corrected chi connectivity index (χ1v) is 6.89. The summed E-state index contributed by atoms with van der Waals surface area (Å²) in [7, 11) is 0. The summed E-state index contributed by atoms with van der Waals surface area (Å²) in [5, 5.41) is 0.0207. The van der Waals surface area contributed by atoms with Crippen LogP contribution in [-0.4, -0.2) is 65.1 Å². The van der Waals surface area contributed by atoms with E-state index in [1.807, 2.05) is 18.7 Å². The van der Waals surface area contributed by atoms with Crippen LogP contribution in [0.1, 0.15) is 13.8 Å². The summed E-state index contributed by atoms with van der Waals surface area (Å²) in [6.45, 7) is 6.03. The number of ether oxygens (including phenoxy) is 1. The number of morpholine rings is 1. The molecule has 2 rings (SSSR count). The van der Waals surface area contributed by atoms with Crippen molar-refractivity contribution in [2.24, 2.45) is 0 Å². The molecule has 17 heavy (non-hydrogen) atoms. The molecule has 0 bridgehead atoms. The molecular weight excluding hydrogens is 240 g/mol. The van der Waals surface area contributed by atoms with Crippen molar-refractivity contribution in [3.8, 4) is 0 Å². The van der Waals surface area contributed by atoms with Crippen molar-refractivity contribution < 1.29 is 14.3 Å². The summed E-state index contributed by atoms with van der Waals surface area (Å²) in [5.74, 6) is 0.824. The van der Waals surface area contributed by atoms with Crippen LogP contribution in [0.25, 0.3) is 0 Å². The Hall–Kier alpha value is -0.750. The number of carbonyl (C=O) groups excluding carboxylic acids is 2. The van der Waals surface area contributed by atoms with Crippen molar-refractivity contribution >= 4 is 22.9 Å². The van der Waals surface area contributed by atoms with Gasteiger partial charge in [-0.2, -0.15) is 0 Å². The fraction of sp³-hybridized carbons (Fsp3) is 0.818. The minimum absolute atomic E-state index is 0.0207. The van der Waals surface area contributed by atoms with Crippen molar-refractivity contribution in [2.75, 3.05) is 32.0 Å². The smallest absolute Gasteiger partial charge is 0.282 e. The van der Waals surface area contributed by atoms with Crippen molar-refractivity contribution in [3.63, 3.8) is 0 Å². The summed E-state index contributed by atoms with van der Waals surface area (Å²) >= 11 is 1.29. The standard InChI is InChI=1S/C11H18N2O3S/c1-8-7-16-9(2)5-13(8)10(14)6-12-3-4-17-11(12)15/h8-9H,3-7H2,1-2H3/t8-,9-/m0/s1. The number of hydrogen-bond donors (Lipinski definition) is 0. The SMILES string of the molecule is C[C@H]1CN(C(=O)CN2CCSC2=O)[C@@H](C)CO1. The molecule has 2 heterocycles. The van der Waals surface area contributed by atoms with Gasteiger partial charge in [0.05, 0.1) is 18.8 Å². The van der Waals surface area contributed by atoms with Crippen molar-refractivity contribution in [1.82, 2.24) is 9.80 Å². The highest BCUT2D eigenvalue weighted by Crippen LogP contribution is 2.18. The van der Waals surface area contributed by atoms with Gasteiger partial charge in [-0.15, -0.1) is 0 Å². The number of nitrogens with zero attached hydrogens (tertiary/aromatic N) is 2. The average molecular weight is 258 g/mol. The topological polar surface area (TPSA) is 49.9 Å². The molecule has 2 aliphatic heterocycles. The van der Waals surface area contributed by atoms with Crippen LogP contribution in [0, 0.1) is 0 Å². The first-order chi connectivity index (χ1) is 8.08. The Balaban J connectivity index is 1.92. The average Bonchev–Trinajstić information content (AvgIpc) is 2.68. The first kappa shape index (κ1) is 12.7. The zero-order valence-electron chi connectivity index (χ0n) is 10.2. The van der Waals surface area contributed by atoms with Crippen LogP contribution in [0.5, 0.6) is 0 Å². The zero-order chi connectivity index (χ0) is 12.4. The molecule has 0 spiro atoms. The summed E-state index contributed by atoms with van der Waals surface area (Å²) in [6.07, 6.45) is 0.0822. The second kappa shape index (κ2) is 5.27. The molecule has 0 aromatic rings. The minimum Gasteiger partial charge on any atom is -0.375 e. The van der Waals surface area contributed by atoms with E-state index in [0.717, 1.165) is 5.75 Å². The number of carbonyl (C=O) groups is 2. The fourth-order valence-corrected chi connectivity index (χ4v) is 2.90. The van der Waals surface area contributed by atoms with E-state index in [1.165, 1.54) is 11.8 Å². The van der Waals surface area contributed by atoms with Gasteiger partial charge in [0.25, 0.3) is 5.24 Å². The molecule has 0 saturated carbocycles. The van der Waals surface area contributed by atoms with Gasteiger partial charge in [-0.05, 0) is 13.8 Å². The molecule has 0 aromatic carbocycles. The molecule has 2 fully saturated rings. The highest BCUT2D eigenvalue weighted by atomic mass is 32.2. The highest BCUT2D eigenvalue weighted by molar-refractivity contribution is 8.13. The van der Waals surface area contributed by atoms with Crippen molar-refractivity contribution in [3.05, 3.63) is 0 Å². The maximum atomic E-state index is 12.1. The Bertz CT molecular complexity index is 324. The van der Waals surface area contributed by atoms with E-state index >= 15 is 0 Å². The van der Waals surface area contributed by atoms with E-state index in [0.29, 0.717) is 19.7 Å². The van der Waals surface area contributed by atoms with Crippen LogP contribution in [0.4, 0.5) is 4.79 Å². The maximum absolute atomic E-state index is 12.1. The summed E-state index contributed by atoms with van der Waals surface area (Å²) in [4.78, 5) is 27.0. The van der Waals surface area contributed by atoms with E-state index in [-0.39, 0.29) is 29.8 Å². The molecular formula is C11H18N2O3S. The van der Waals surface area contributed by atoms with E-state index in [9.17, 15) is 9.59 Å². The number of thioether (sulfide) groups is 1. The van der Waals surface area contributed by atoms with Crippen LogP contribution < -0.4 is 0 Å². The maximum Gasteiger partial charge on any atom is 0.282 e. The normalized spacial score (nSPS) is 29.9. The Morgan fingerprint density at radius 2 is 2.29 bits per heavy atom. The van der Waals surface area contributed by atoms with Gasteiger partial charge in [0, 0.05) is 18.8 Å². The number of amides is 2. The van der Waals surface area contributed by atoms with Gasteiger partial charge in [0.15, 0.2) is 0 Å². The van der Waals surface area contributed by atoms with E-state index in [1.54, 1.807) is 4.90 Å². The Morgan fingerprint density at radius 1 is 1.53 bits per heavy atom. The van der Waals surface area contributed by atoms with Crippen molar-refractivity contribution in [1.29, 1.82) is 0 Å². The summed E-state index contributed by atoms with van der Waals surface area (Å²) < 4.78 is 5.48. The van der Waals surface area contributed by atoms with E-state index in [4.69, 9.17) is 4.74 Å². The molecule has 0 unspecified atom stereocenters. The predicted octanol–water partition coefficient (Wildman–Crippen LogP) is 0.791. The third-order valence-corrected chi connectivity index (χ3v) is 3.99. The fourth-order valence-electron chi connectivity index (χ4n) is 2.07. The van der Waals surface area contributed by atoms with Crippen LogP contribution in [-0.2, 0) is 9.53 Å². The van der Waals surface area contributed by atoms with Gasteiger partial charge in [0.2, 0.25) is 5.91 Å². The lowest BCUT2D eigenvalue weighted by atomic mass is 10.2. The van der Waals surface area contributed by atoms with Gasteiger partial charge in [0.1, 0.15) is 6.54 Å². The Morgan fingerprint density at radius 3 is 2.94 bits per heavy atom. The van der Waals surface area contributed by atoms with Gasteiger partial charge in [-0.25, -0.2) is 0 Å². The van der Waals surface area contributed by atoms with Crippen LogP contribution in [0.3, 0.4) is 0 Å². The molecule has 5 nitrogen and oxygen atoms in total. The molecule has 6 heteroatoms. The highest BCUT2D eigenvalue weighted by Gasteiger charge is 2.30. The van der Waals surface area contributed by atoms with Crippen LogP contribution >= 0.6 is 11.8 Å². The number of rotatable bonds is 2. The lowest BCUT2D eigenvalue weighted by Gasteiger charge is -2.37. The third kappa shape index (κ3) is 2.93. The molecule has 2 amide bonds. The Labute approximate surface area is 105 Å². The summed E-state index contributed by atoms with van der Waals surface area (Å²) in [6, 6.07) is 0.101.